The lowest BCUT2D eigenvalue weighted by atomic mass is 10.2. The Hall–Kier alpha value is -2.23. The van der Waals surface area contributed by atoms with Gasteiger partial charge in [0.25, 0.3) is 11.5 Å². The second kappa shape index (κ2) is 8.87. The number of aromatic nitrogens is 2. The van der Waals surface area contributed by atoms with Crippen molar-refractivity contribution < 1.29 is 9.53 Å². The molecule has 0 bridgehead atoms. The molecular formula is C21H24N4O3S2. The van der Waals surface area contributed by atoms with Crippen molar-refractivity contribution in [3.8, 4) is 0 Å². The van der Waals surface area contributed by atoms with Gasteiger partial charge in [-0.05, 0) is 31.1 Å². The van der Waals surface area contributed by atoms with Gasteiger partial charge in [0.2, 0.25) is 0 Å². The van der Waals surface area contributed by atoms with Crippen LogP contribution in [-0.4, -0.2) is 57.4 Å². The summed E-state index contributed by atoms with van der Waals surface area (Å²) in [5, 5.41) is 0. The zero-order valence-corrected chi connectivity index (χ0v) is 18.7. The van der Waals surface area contributed by atoms with Crippen LogP contribution in [0.25, 0.3) is 11.7 Å². The van der Waals surface area contributed by atoms with Gasteiger partial charge in [0.1, 0.15) is 15.8 Å². The normalized spacial score (nSPS) is 18.8. The largest absolute Gasteiger partial charge is 0.378 e. The standard InChI is InChI=1S/C21H24N4O3S2/c1-3-4-7-25-20(27)16(30-21(25)29)13-15-18(23-9-11-28-12-10-23)22-17-14(2)6-5-8-24(17)19(15)26/h5-6,8,13H,3-4,7,9-12H2,1-2H3/b16-13-. The number of fused-ring (bicyclic) bond motifs is 1. The smallest absolute Gasteiger partial charge is 0.267 e. The number of carbonyl (C=O) groups is 1. The molecule has 2 aromatic heterocycles. The van der Waals surface area contributed by atoms with Crippen LogP contribution in [0.3, 0.4) is 0 Å². The third-order valence-corrected chi connectivity index (χ3v) is 6.64. The number of pyridine rings is 1. The van der Waals surface area contributed by atoms with Crippen molar-refractivity contribution in [2.45, 2.75) is 26.7 Å². The van der Waals surface area contributed by atoms with Crippen LogP contribution < -0.4 is 10.5 Å². The second-order valence-corrected chi connectivity index (χ2v) is 9.00. The molecule has 30 heavy (non-hydrogen) atoms. The molecule has 0 radical (unpaired) electrons. The molecule has 2 aromatic rings. The van der Waals surface area contributed by atoms with Gasteiger partial charge >= 0.3 is 0 Å². The summed E-state index contributed by atoms with van der Waals surface area (Å²) in [6, 6.07) is 3.76. The van der Waals surface area contributed by atoms with Gasteiger partial charge in [-0.25, -0.2) is 4.98 Å². The molecule has 2 saturated heterocycles. The van der Waals surface area contributed by atoms with E-state index in [1.54, 1.807) is 21.6 Å². The summed E-state index contributed by atoms with van der Waals surface area (Å²) in [5.74, 6) is 0.455. The zero-order chi connectivity index (χ0) is 21.3. The van der Waals surface area contributed by atoms with E-state index in [9.17, 15) is 9.59 Å². The van der Waals surface area contributed by atoms with Gasteiger partial charge in [-0.2, -0.15) is 0 Å². The molecular weight excluding hydrogens is 420 g/mol. The number of hydrogen-bond acceptors (Lipinski definition) is 7. The molecule has 4 heterocycles. The lowest BCUT2D eigenvalue weighted by Gasteiger charge is -2.29. The molecule has 2 fully saturated rings. The summed E-state index contributed by atoms with van der Waals surface area (Å²) in [5.41, 5.74) is 1.76. The quantitative estimate of drug-likeness (QED) is 0.519. The molecule has 2 aliphatic heterocycles. The highest BCUT2D eigenvalue weighted by atomic mass is 32.2. The Labute approximate surface area is 184 Å². The van der Waals surface area contributed by atoms with E-state index in [2.05, 4.69) is 11.8 Å². The molecule has 0 N–H and O–H groups in total. The van der Waals surface area contributed by atoms with Gasteiger partial charge in [0.15, 0.2) is 0 Å². The lowest BCUT2D eigenvalue weighted by molar-refractivity contribution is -0.122. The minimum absolute atomic E-state index is 0.139. The Balaban J connectivity index is 1.84. The number of amides is 1. The van der Waals surface area contributed by atoms with E-state index in [-0.39, 0.29) is 11.5 Å². The fourth-order valence-electron chi connectivity index (χ4n) is 3.58. The molecule has 158 valence electrons. The Morgan fingerprint density at radius 3 is 2.80 bits per heavy atom. The molecule has 9 heteroatoms. The monoisotopic (exact) mass is 444 g/mol. The van der Waals surface area contributed by atoms with Crippen LogP contribution in [0.4, 0.5) is 5.82 Å². The van der Waals surface area contributed by atoms with E-state index in [0.717, 1.165) is 18.4 Å². The van der Waals surface area contributed by atoms with Crippen LogP contribution in [-0.2, 0) is 9.53 Å². The van der Waals surface area contributed by atoms with E-state index in [1.165, 1.54) is 11.8 Å². The van der Waals surface area contributed by atoms with Gasteiger partial charge in [-0.15, -0.1) is 0 Å². The number of nitrogens with zero attached hydrogens (tertiary/aromatic N) is 4. The number of anilines is 1. The Bertz CT molecular complexity index is 1090. The van der Waals surface area contributed by atoms with Crippen LogP contribution in [0.5, 0.6) is 0 Å². The Kier molecular flexibility index (Phi) is 6.21. The number of rotatable bonds is 5. The fraction of sp³-hybridized carbons (Fsp3) is 0.429. The maximum absolute atomic E-state index is 13.4. The van der Waals surface area contributed by atoms with Crippen molar-refractivity contribution in [1.82, 2.24) is 14.3 Å². The maximum Gasteiger partial charge on any atom is 0.267 e. The topological polar surface area (TPSA) is 67.2 Å². The number of thiocarbonyl (C=S) groups is 1. The number of ether oxygens (including phenoxy) is 1. The molecule has 0 aliphatic carbocycles. The van der Waals surface area contributed by atoms with Crippen molar-refractivity contribution in [2.75, 3.05) is 37.7 Å². The molecule has 7 nitrogen and oxygen atoms in total. The van der Waals surface area contributed by atoms with E-state index >= 15 is 0 Å². The van der Waals surface area contributed by atoms with Crippen LogP contribution in [0.2, 0.25) is 0 Å². The second-order valence-electron chi connectivity index (χ2n) is 7.33. The third-order valence-electron chi connectivity index (χ3n) is 5.26. The van der Waals surface area contributed by atoms with Crippen LogP contribution in [0.15, 0.2) is 28.0 Å². The van der Waals surface area contributed by atoms with Gasteiger partial charge in [0.05, 0.1) is 23.7 Å². The summed E-state index contributed by atoms with van der Waals surface area (Å²) < 4.78 is 7.55. The molecule has 0 atom stereocenters. The average molecular weight is 445 g/mol. The lowest BCUT2D eigenvalue weighted by Crippen LogP contribution is -2.38. The van der Waals surface area contributed by atoms with Crippen molar-refractivity contribution in [1.29, 1.82) is 0 Å². The minimum Gasteiger partial charge on any atom is -0.378 e. The minimum atomic E-state index is -0.191. The van der Waals surface area contributed by atoms with E-state index in [4.69, 9.17) is 21.9 Å². The highest BCUT2D eigenvalue weighted by molar-refractivity contribution is 8.26. The van der Waals surface area contributed by atoms with Gasteiger partial charge in [0, 0.05) is 25.8 Å². The SMILES string of the molecule is CCCCN1C(=O)/C(=C/c2c(N3CCOCC3)nc3c(C)cccn3c2=O)SC1=S. The summed E-state index contributed by atoms with van der Waals surface area (Å²) in [4.78, 5) is 35.3. The summed E-state index contributed by atoms with van der Waals surface area (Å²) in [6.45, 7) is 7.05. The number of morpholine rings is 1. The van der Waals surface area contributed by atoms with E-state index in [1.807, 2.05) is 19.1 Å². The Morgan fingerprint density at radius 2 is 2.07 bits per heavy atom. The molecule has 0 saturated carbocycles. The number of hydrogen-bond donors (Lipinski definition) is 0. The van der Waals surface area contributed by atoms with Crippen molar-refractivity contribution in [3.05, 3.63) is 44.7 Å². The number of unbranched alkanes of at least 4 members (excludes halogenated alkanes) is 1. The highest BCUT2D eigenvalue weighted by Crippen LogP contribution is 2.33. The summed E-state index contributed by atoms with van der Waals surface area (Å²) >= 11 is 6.66. The first-order chi connectivity index (χ1) is 14.5. The predicted octanol–water partition coefficient (Wildman–Crippen LogP) is 2.84. The first-order valence-corrected chi connectivity index (χ1v) is 11.3. The van der Waals surface area contributed by atoms with Crippen LogP contribution >= 0.6 is 24.0 Å². The highest BCUT2D eigenvalue weighted by Gasteiger charge is 2.32. The first kappa shape index (κ1) is 21.0. The number of thioether (sulfide) groups is 1. The van der Waals surface area contributed by atoms with Gasteiger partial charge < -0.3 is 9.64 Å². The maximum atomic E-state index is 13.4. The van der Waals surface area contributed by atoms with Crippen molar-refractivity contribution in [3.63, 3.8) is 0 Å². The van der Waals surface area contributed by atoms with Gasteiger partial charge in [-0.1, -0.05) is 43.4 Å². The molecule has 0 unspecified atom stereocenters. The summed E-state index contributed by atoms with van der Waals surface area (Å²) in [6.07, 6.45) is 5.25. The molecule has 0 spiro atoms. The number of carbonyl (C=O) groups excluding carboxylic acids is 1. The summed E-state index contributed by atoms with van der Waals surface area (Å²) in [7, 11) is 0. The zero-order valence-electron chi connectivity index (χ0n) is 17.1. The molecule has 4 rings (SSSR count). The molecule has 0 aromatic carbocycles. The first-order valence-electron chi connectivity index (χ1n) is 10.1. The fourth-order valence-corrected chi connectivity index (χ4v) is 4.87. The van der Waals surface area contributed by atoms with Crippen LogP contribution in [0, 0.1) is 6.92 Å². The third kappa shape index (κ3) is 3.89. The van der Waals surface area contributed by atoms with Crippen molar-refractivity contribution >= 4 is 51.7 Å². The van der Waals surface area contributed by atoms with Gasteiger partial charge in [-0.3, -0.25) is 18.9 Å². The molecule has 2 aliphatic rings. The van der Waals surface area contributed by atoms with E-state index < -0.39 is 0 Å². The molecule has 1 amide bonds. The Morgan fingerprint density at radius 1 is 1.30 bits per heavy atom. The average Bonchev–Trinajstić information content (AvgIpc) is 3.02. The van der Waals surface area contributed by atoms with Crippen LogP contribution in [0.1, 0.15) is 30.9 Å². The van der Waals surface area contributed by atoms with E-state index in [0.29, 0.717) is 59.1 Å². The number of aryl methyl sites for hydroxylation is 1. The van der Waals surface area contributed by atoms with Crippen molar-refractivity contribution in [2.24, 2.45) is 0 Å². The predicted molar refractivity (Wildman–Crippen MR) is 124 cm³/mol.